The normalized spacial score (nSPS) is 29.3. The predicted octanol–water partition coefficient (Wildman–Crippen LogP) is 3.51. The summed E-state index contributed by atoms with van der Waals surface area (Å²) in [5.41, 5.74) is -0.530. The van der Waals surface area contributed by atoms with E-state index < -0.39 is 11.3 Å². The molecule has 27 heavy (non-hydrogen) atoms. The molecule has 3 fully saturated rings. The van der Waals surface area contributed by atoms with Crippen molar-refractivity contribution in [2.45, 2.75) is 65.1 Å². The zero-order chi connectivity index (χ0) is 20.1. The minimum atomic E-state index is -2.67. The van der Waals surface area contributed by atoms with Crippen molar-refractivity contribution in [2.75, 3.05) is 53.5 Å². The molecule has 3 aliphatic rings. The molecule has 0 aromatic heterocycles. The average molecular weight is 389 g/mol. The lowest BCUT2D eigenvalue weighted by Crippen LogP contribution is -2.72. The summed E-state index contributed by atoms with van der Waals surface area (Å²) in [4.78, 5) is 4.20. The van der Waals surface area contributed by atoms with E-state index in [4.69, 9.17) is 9.47 Å². The highest BCUT2D eigenvalue weighted by Gasteiger charge is 2.53. The standard InChI is InChI=1S/C21H38F2N2O2/c1-18(2,19(3,4)15-27-17-7-16(8-17)26-6)9-21(22,23)14-25-12-20(13-25)10-24(5)11-20/h16-17H,7-15H2,1-6H3. The minimum absolute atomic E-state index is 0.106. The molecule has 1 spiro atoms. The molecule has 158 valence electrons. The Labute approximate surface area is 163 Å². The lowest BCUT2D eigenvalue weighted by Gasteiger charge is -2.60. The highest BCUT2D eigenvalue weighted by Crippen LogP contribution is 2.48. The van der Waals surface area contributed by atoms with Gasteiger partial charge in [0.05, 0.1) is 25.4 Å². The molecule has 2 aliphatic heterocycles. The monoisotopic (exact) mass is 388 g/mol. The summed E-state index contributed by atoms with van der Waals surface area (Å²) in [5.74, 6) is -2.67. The first kappa shape index (κ1) is 21.4. The molecule has 4 nitrogen and oxygen atoms in total. The molecule has 0 N–H and O–H groups in total. The van der Waals surface area contributed by atoms with E-state index in [0.29, 0.717) is 18.1 Å². The second kappa shape index (κ2) is 7.19. The summed E-state index contributed by atoms with van der Waals surface area (Å²) in [6, 6.07) is 0. The van der Waals surface area contributed by atoms with Crippen molar-refractivity contribution >= 4 is 0 Å². The highest BCUT2D eigenvalue weighted by molar-refractivity contribution is 5.05. The van der Waals surface area contributed by atoms with Crippen LogP contribution in [-0.2, 0) is 9.47 Å². The van der Waals surface area contributed by atoms with Crippen LogP contribution in [0.5, 0.6) is 0 Å². The summed E-state index contributed by atoms with van der Waals surface area (Å²) in [6.07, 6.45) is 2.23. The number of nitrogens with zero attached hydrogens (tertiary/aromatic N) is 2. The van der Waals surface area contributed by atoms with E-state index in [-0.39, 0.29) is 24.5 Å². The van der Waals surface area contributed by atoms with Gasteiger partial charge in [0.25, 0.3) is 5.92 Å². The van der Waals surface area contributed by atoms with E-state index in [1.807, 2.05) is 18.7 Å². The zero-order valence-electron chi connectivity index (χ0n) is 18.0. The van der Waals surface area contributed by atoms with Crippen LogP contribution in [0.4, 0.5) is 8.78 Å². The van der Waals surface area contributed by atoms with Crippen molar-refractivity contribution in [1.82, 2.24) is 9.80 Å². The minimum Gasteiger partial charge on any atom is -0.381 e. The molecule has 0 atom stereocenters. The molecule has 0 amide bonds. The van der Waals surface area contributed by atoms with Gasteiger partial charge in [-0.05, 0) is 30.7 Å². The predicted molar refractivity (Wildman–Crippen MR) is 103 cm³/mol. The fourth-order valence-corrected chi connectivity index (χ4v) is 4.95. The quantitative estimate of drug-likeness (QED) is 0.604. The Balaban J connectivity index is 1.45. The Bertz CT molecular complexity index is 518. The van der Waals surface area contributed by atoms with Gasteiger partial charge in [0, 0.05) is 45.1 Å². The third-order valence-corrected chi connectivity index (χ3v) is 7.38. The number of ether oxygens (including phenoxy) is 2. The zero-order valence-corrected chi connectivity index (χ0v) is 18.0. The van der Waals surface area contributed by atoms with E-state index in [0.717, 1.165) is 39.0 Å². The average Bonchev–Trinajstić information content (AvgIpc) is 2.40. The first-order valence-electron chi connectivity index (χ1n) is 10.3. The van der Waals surface area contributed by atoms with Crippen LogP contribution < -0.4 is 0 Å². The van der Waals surface area contributed by atoms with Crippen LogP contribution >= 0.6 is 0 Å². The Morgan fingerprint density at radius 1 is 0.963 bits per heavy atom. The van der Waals surface area contributed by atoms with Gasteiger partial charge in [0.1, 0.15) is 0 Å². The topological polar surface area (TPSA) is 24.9 Å². The van der Waals surface area contributed by atoms with Crippen LogP contribution in [0.3, 0.4) is 0 Å². The summed E-state index contributed by atoms with van der Waals surface area (Å²) < 4.78 is 41.0. The van der Waals surface area contributed by atoms with Gasteiger partial charge >= 0.3 is 0 Å². The summed E-state index contributed by atoms with van der Waals surface area (Å²) >= 11 is 0. The number of hydrogen-bond donors (Lipinski definition) is 0. The molecule has 1 saturated carbocycles. The maximum Gasteiger partial charge on any atom is 0.261 e. The number of halogens is 2. The second-order valence-corrected chi connectivity index (χ2v) is 10.9. The molecule has 0 radical (unpaired) electrons. The van der Waals surface area contributed by atoms with Gasteiger partial charge in [-0.15, -0.1) is 0 Å². The number of methoxy groups -OCH3 is 1. The van der Waals surface area contributed by atoms with Crippen molar-refractivity contribution in [1.29, 1.82) is 0 Å². The van der Waals surface area contributed by atoms with E-state index in [9.17, 15) is 8.78 Å². The molecular formula is C21H38F2N2O2. The molecule has 1 aliphatic carbocycles. The molecule has 0 unspecified atom stereocenters. The third-order valence-electron chi connectivity index (χ3n) is 7.38. The van der Waals surface area contributed by atoms with E-state index in [1.165, 1.54) is 0 Å². The van der Waals surface area contributed by atoms with Gasteiger partial charge < -0.3 is 14.4 Å². The smallest absolute Gasteiger partial charge is 0.261 e. The number of likely N-dealkylation sites (tertiary alicyclic amines) is 2. The van der Waals surface area contributed by atoms with Crippen molar-refractivity contribution in [3.05, 3.63) is 0 Å². The van der Waals surface area contributed by atoms with Crippen molar-refractivity contribution in [3.63, 3.8) is 0 Å². The fourth-order valence-electron chi connectivity index (χ4n) is 4.95. The number of alkyl halides is 2. The Kier molecular flexibility index (Phi) is 5.70. The Morgan fingerprint density at radius 3 is 2.07 bits per heavy atom. The van der Waals surface area contributed by atoms with Crippen LogP contribution in [0, 0.1) is 16.2 Å². The molecular weight excluding hydrogens is 350 g/mol. The van der Waals surface area contributed by atoms with Gasteiger partial charge in [0.15, 0.2) is 0 Å². The third kappa shape index (κ3) is 4.65. The van der Waals surface area contributed by atoms with Crippen LogP contribution in [0.25, 0.3) is 0 Å². The molecule has 0 aromatic carbocycles. The highest BCUT2D eigenvalue weighted by atomic mass is 19.3. The number of hydrogen-bond acceptors (Lipinski definition) is 4. The van der Waals surface area contributed by atoms with Gasteiger partial charge in [-0.25, -0.2) is 8.78 Å². The maximum atomic E-state index is 14.8. The van der Waals surface area contributed by atoms with Crippen LogP contribution in [0.1, 0.15) is 47.0 Å². The lowest BCUT2D eigenvalue weighted by atomic mass is 9.65. The largest absolute Gasteiger partial charge is 0.381 e. The van der Waals surface area contributed by atoms with Gasteiger partial charge in [-0.1, -0.05) is 27.7 Å². The SMILES string of the molecule is COC1CC(OCC(C)(C)C(C)(C)CC(F)(F)CN2CC3(CN(C)C3)C2)C1. The van der Waals surface area contributed by atoms with Gasteiger partial charge in [-0.3, -0.25) is 4.90 Å². The van der Waals surface area contributed by atoms with Crippen molar-refractivity contribution < 1.29 is 18.3 Å². The second-order valence-electron chi connectivity index (χ2n) is 10.9. The van der Waals surface area contributed by atoms with Crippen molar-refractivity contribution in [2.24, 2.45) is 16.2 Å². The Hall–Kier alpha value is -0.300. The molecule has 6 heteroatoms. The van der Waals surface area contributed by atoms with E-state index in [1.54, 1.807) is 7.11 Å². The first-order chi connectivity index (χ1) is 12.4. The summed E-state index contributed by atoms with van der Waals surface area (Å²) in [7, 11) is 3.81. The van der Waals surface area contributed by atoms with Crippen molar-refractivity contribution in [3.8, 4) is 0 Å². The maximum absolute atomic E-state index is 14.8. The van der Waals surface area contributed by atoms with E-state index in [2.05, 4.69) is 25.8 Å². The molecule has 3 rings (SSSR count). The lowest BCUT2D eigenvalue weighted by molar-refractivity contribution is -0.161. The molecule has 0 bridgehead atoms. The summed E-state index contributed by atoms with van der Waals surface area (Å²) in [6.45, 7) is 12.2. The van der Waals surface area contributed by atoms with Crippen LogP contribution in [-0.4, -0.2) is 81.4 Å². The van der Waals surface area contributed by atoms with Crippen LogP contribution in [0.2, 0.25) is 0 Å². The molecule has 0 aromatic rings. The van der Waals surface area contributed by atoms with Crippen LogP contribution in [0.15, 0.2) is 0 Å². The molecule has 2 heterocycles. The Morgan fingerprint density at radius 2 is 1.56 bits per heavy atom. The first-order valence-corrected chi connectivity index (χ1v) is 10.3. The fraction of sp³-hybridized carbons (Fsp3) is 1.00. The van der Waals surface area contributed by atoms with Gasteiger partial charge in [0.2, 0.25) is 0 Å². The van der Waals surface area contributed by atoms with Gasteiger partial charge in [-0.2, -0.15) is 0 Å². The van der Waals surface area contributed by atoms with E-state index >= 15 is 0 Å². The number of rotatable bonds is 9. The summed E-state index contributed by atoms with van der Waals surface area (Å²) in [5, 5.41) is 0. The molecule has 2 saturated heterocycles.